The molecule has 0 saturated carbocycles. The van der Waals surface area contributed by atoms with Crippen molar-refractivity contribution in [1.29, 1.82) is 0 Å². The first-order valence-corrected chi connectivity index (χ1v) is 5.89. The van der Waals surface area contributed by atoms with Crippen LogP contribution in [0.25, 0.3) is 0 Å². The lowest BCUT2D eigenvalue weighted by Gasteiger charge is -2.12. The Kier molecular flexibility index (Phi) is 5.69. The van der Waals surface area contributed by atoms with Crippen molar-refractivity contribution >= 4 is 12.0 Å². The van der Waals surface area contributed by atoms with E-state index >= 15 is 0 Å². The maximum absolute atomic E-state index is 11.4. The maximum Gasteiger partial charge on any atom is 0.326 e. The first-order valence-electron chi connectivity index (χ1n) is 5.89. The highest BCUT2D eigenvalue weighted by Gasteiger charge is 2.16. The summed E-state index contributed by atoms with van der Waals surface area (Å²) < 4.78 is 0. The topological polar surface area (TPSA) is 107 Å². The molecular formula is C11H18N4O3. The van der Waals surface area contributed by atoms with E-state index in [2.05, 4.69) is 20.6 Å². The van der Waals surface area contributed by atoms with Gasteiger partial charge in [0.2, 0.25) is 0 Å². The molecule has 0 aromatic carbocycles. The molecule has 0 aliphatic heterocycles. The third-order valence-corrected chi connectivity index (χ3v) is 2.44. The first-order chi connectivity index (χ1) is 8.63. The number of carbonyl (C=O) groups is 2. The van der Waals surface area contributed by atoms with Gasteiger partial charge < -0.3 is 20.7 Å². The fourth-order valence-electron chi connectivity index (χ4n) is 1.44. The molecule has 0 spiro atoms. The Morgan fingerprint density at radius 1 is 1.56 bits per heavy atom. The molecule has 0 unspecified atom stereocenters. The fourth-order valence-corrected chi connectivity index (χ4v) is 1.44. The summed E-state index contributed by atoms with van der Waals surface area (Å²) in [6.45, 7) is 2.18. The van der Waals surface area contributed by atoms with Gasteiger partial charge in [-0.1, -0.05) is 6.92 Å². The van der Waals surface area contributed by atoms with Gasteiger partial charge in [-0.15, -0.1) is 0 Å². The summed E-state index contributed by atoms with van der Waals surface area (Å²) in [5.41, 5.74) is 0. The maximum atomic E-state index is 11.4. The van der Waals surface area contributed by atoms with Crippen LogP contribution >= 0.6 is 0 Å². The summed E-state index contributed by atoms with van der Waals surface area (Å²) in [7, 11) is 0. The van der Waals surface area contributed by atoms with Gasteiger partial charge in [0.15, 0.2) is 0 Å². The van der Waals surface area contributed by atoms with Crippen molar-refractivity contribution in [1.82, 2.24) is 20.6 Å². The number of amides is 2. The molecular weight excluding hydrogens is 236 g/mol. The average Bonchev–Trinajstić information content (AvgIpc) is 2.84. The highest BCUT2D eigenvalue weighted by molar-refractivity contribution is 5.82. The van der Waals surface area contributed by atoms with Crippen molar-refractivity contribution in [3.8, 4) is 0 Å². The van der Waals surface area contributed by atoms with Crippen LogP contribution in [0.3, 0.4) is 0 Å². The molecule has 7 heteroatoms. The molecule has 2 amide bonds. The Balaban J connectivity index is 2.15. The van der Waals surface area contributed by atoms with E-state index in [1.807, 2.05) is 0 Å². The molecule has 7 nitrogen and oxygen atoms in total. The number of carbonyl (C=O) groups excluding carboxylic acids is 1. The van der Waals surface area contributed by atoms with Gasteiger partial charge >= 0.3 is 12.0 Å². The summed E-state index contributed by atoms with van der Waals surface area (Å²) in [5, 5.41) is 13.8. The van der Waals surface area contributed by atoms with Crippen molar-refractivity contribution in [3.63, 3.8) is 0 Å². The van der Waals surface area contributed by atoms with Crippen LogP contribution in [-0.4, -0.2) is 39.7 Å². The first kappa shape index (κ1) is 14.0. The lowest BCUT2D eigenvalue weighted by molar-refractivity contribution is -0.139. The van der Waals surface area contributed by atoms with E-state index in [1.165, 1.54) is 0 Å². The Labute approximate surface area is 105 Å². The molecule has 0 saturated heterocycles. The van der Waals surface area contributed by atoms with Gasteiger partial charge in [0.05, 0.1) is 0 Å². The number of aromatic nitrogens is 2. The number of aromatic amines is 1. The van der Waals surface area contributed by atoms with E-state index in [4.69, 9.17) is 5.11 Å². The molecule has 0 fully saturated rings. The van der Waals surface area contributed by atoms with E-state index in [-0.39, 0.29) is 0 Å². The quantitative estimate of drug-likeness (QED) is 0.531. The third kappa shape index (κ3) is 4.86. The smallest absolute Gasteiger partial charge is 0.326 e. The minimum atomic E-state index is -1.02. The van der Waals surface area contributed by atoms with E-state index in [1.54, 1.807) is 19.3 Å². The van der Waals surface area contributed by atoms with Crippen LogP contribution in [0.2, 0.25) is 0 Å². The number of aliphatic carboxylic acids is 1. The van der Waals surface area contributed by atoms with Crippen LogP contribution in [0.1, 0.15) is 25.6 Å². The Morgan fingerprint density at radius 3 is 2.89 bits per heavy atom. The van der Waals surface area contributed by atoms with Crippen molar-refractivity contribution < 1.29 is 14.7 Å². The number of aryl methyl sites for hydroxylation is 1. The van der Waals surface area contributed by atoms with Gasteiger partial charge in [0.1, 0.15) is 11.9 Å². The zero-order valence-corrected chi connectivity index (χ0v) is 10.3. The predicted molar refractivity (Wildman–Crippen MR) is 65.2 cm³/mol. The molecule has 1 rings (SSSR count). The molecule has 1 heterocycles. The summed E-state index contributed by atoms with van der Waals surface area (Å²) in [6.07, 6.45) is 5.26. The monoisotopic (exact) mass is 254 g/mol. The minimum absolute atomic E-state index is 0.356. The number of urea groups is 1. The molecule has 0 radical (unpaired) electrons. The highest BCUT2D eigenvalue weighted by Crippen LogP contribution is 1.94. The molecule has 1 aromatic heterocycles. The zero-order valence-electron chi connectivity index (χ0n) is 10.3. The average molecular weight is 254 g/mol. The van der Waals surface area contributed by atoms with Crippen molar-refractivity contribution in [2.75, 3.05) is 6.54 Å². The van der Waals surface area contributed by atoms with Crippen molar-refractivity contribution in [2.24, 2.45) is 0 Å². The zero-order chi connectivity index (χ0) is 13.4. The number of carboxylic acid groups (broad SMARTS) is 1. The van der Waals surface area contributed by atoms with Gasteiger partial charge in [-0.3, -0.25) is 0 Å². The largest absolute Gasteiger partial charge is 0.480 e. The van der Waals surface area contributed by atoms with Crippen molar-refractivity contribution in [2.45, 2.75) is 32.2 Å². The van der Waals surface area contributed by atoms with Crippen LogP contribution in [0, 0.1) is 0 Å². The number of rotatable bonds is 7. The Hall–Kier alpha value is -2.05. The summed E-state index contributed by atoms with van der Waals surface area (Å²) in [4.78, 5) is 29.1. The third-order valence-electron chi connectivity index (χ3n) is 2.44. The second-order valence-electron chi connectivity index (χ2n) is 3.84. The minimum Gasteiger partial charge on any atom is -0.480 e. The number of imidazole rings is 1. The molecule has 100 valence electrons. The normalized spacial score (nSPS) is 11.8. The lowest BCUT2D eigenvalue weighted by Crippen LogP contribution is -2.45. The lowest BCUT2D eigenvalue weighted by atomic mass is 10.2. The van der Waals surface area contributed by atoms with Crippen LogP contribution in [0.4, 0.5) is 4.79 Å². The SMILES string of the molecule is CC[C@H](NC(=O)NCCCc1ncc[nH]1)C(=O)O. The van der Waals surface area contributed by atoms with E-state index in [0.717, 1.165) is 18.7 Å². The van der Waals surface area contributed by atoms with Crippen LogP contribution < -0.4 is 10.6 Å². The highest BCUT2D eigenvalue weighted by atomic mass is 16.4. The van der Waals surface area contributed by atoms with E-state index < -0.39 is 18.0 Å². The van der Waals surface area contributed by atoms with Crippen LogP contribution in [0.5, 0.6) is 0 Å². The van der Waals surface area contributed by atoms with Gasteiger partial charge in [-0.25, -0.2) is 14.6 Å². The second-order valence-corrected chi connectivity index (χ2v) is 3.84. The van der Waals surface area contributed by atoms with Gasteiger partial charge in [-0.2, -0.15) is 0 Å². The van der Waals surface area contributed by atoms with Crippen LogP contribution in [-0.2, 0) is 11.2 Å². The predicted octanol–water partition coefficient (Wildman–Crippen LogP) is 0.505. The van der Waals surface area contributed by atoms with Gasteiger partial charge in [0, 0.05) is 25.4 Å². The number of carboxylic acids is 1. The summed E-state index contributed by atoms with van der Waals surface area (Å²) >= 11 is 0. The van der Waals surface area contributed by atoms with E-state index in [0.29, 0.717) is 13.0 Å². The molecule has 0 aliphatic carbocycles. The molecule has 1 aromatic rings. The summed E-state index contributed by atoms with van der Waals surface area (Å²) in [5.74, 6) is -0.155. The number of hydrogen-bond donors (Lipinski definition) is 4. The van der Waals surface area contributed by atoms with Crippen LogP contribution in [0.15, 0.2) is 12.4 Å². The molecule has 0 aliphatic rings. The second kappa shape index (κ2) is 7.31. The number of nitrogens with zero attached hydrogens (tertiary/aromatic N) is 1. The van der Waals surface area contributed by atoms with Gasteiger partial charge in [-0.05, 0) is 12.8 Å². The molecule has 0 bridgehead atoms. The number of nitrogens with one attached hydrogen (secondary N) is 3. The Bertz CT molecular complexity index is 378. The number of H-pyrrole nitrogens is 1. The van der Waals surface area contributed by atoms with E-state index in [9.17, 15) is 9.59 Å². The fraction of sp³-hybridized carbons (Fsp3) is 0.545. The molecule has 1 atom stereocenters. The molecule has 4 N–H and O–H groups in total. The summed E-state index contributed by atoms with van der Waals surface area (Å²) in [6, 6.07) is -1.29. The molecule has 18 heavy (non-hydrogen) atoms. The standard InChI is InChI=1S/C11H18N4O3/c1-2-8(10(16)17)15-11(18)14-5-3-4-9-12-6-7-13-9/h6-8H,2-5H2,1H3,(H,12,13)(H,16,17)(H2,14,15,18)/t8-/m0/s1. The Morgan fingerprint density at radius 2 is 2.33 bits per heavy atom. The van der Waals surface area contributed by atoms with Crippen molar-refractivity contribution in [3.05, 3.63) is 18.2 Å². The number of hydrogen-bond acceptors (Lipinski definition) is 3. The van der Waals surface area contributed by atoms with Gasteiger partial charge in [0.25, 0.3) is 0 Å².